The maximum Gasteiger partial charge on any atom is 0.354 e. The molecule has 6 nitrogen and oxygen atoms in total. The van der Waals surface area contributed by atoms with Gasteiger partial charge in [-0.3, -0.25) is 9.20 Å². The van der Waals surface area contributed by atoms with Gasteiger partial charge in [0.25, 0.3) is 5.56 Å². The van der Waals surface area contributed by atoms with Gasteiger partial charge in [0.05, 0.1) is 7.11 Å². The number of rotatable bonds is 1. The van der Waals surface area contributed by atoms with Gasteiger partial charge in [-0.05, 0) is 0 Å². The molecule has 72 valence electrons. The molecule has 0 amide bonds. The first-order valence-electron chi connectivity index (χ1n) is 3.87. The highest BCUT2D eigenvalue weighted by Crippen LogP contribution is 1.97. The molecule has 0 saturated carbocycles. The lowest BCUT2D eigenvalue weighted by Gasteiger charge is -1.99. The molecule has 14 heavy (non-hydrogen) atoms. The normalized spacial score (nSPS) is 10.4. The first-order chi connectivity index (χ1) is 6.72. The molecule has 2 aromatic heterocycles. The Balaban J connectivity index is 2.70. The highest BCUT2D eigenvalue weighted by atomic mass is 16.5. The molecule has 0 atom stereocenters. The van der Waals surface area contributed by atoms with Gasteiger partial charge in [-0.1, -0.05) is 0 Å². The Morgan fingerprint density at radius 2 is 2.43 bits per heavy atom. The van der Waals surface area contributed by atoms with Crippen LogP contribution in [-0.2, 0) is 4.74 Å². The van der Waals surface area contributed by atoms with E-state index in [1.165, 1.54) is 30.0 Å². The molecule has 0 bridgehead atoms. The van der Waals surface area contributed by atoms with Gasteiger partial charge in [0.2, 0.25) is 5.78 Å². The summed E-state index contributed by atoms with van der Waals surface area (Å²) in [7, 11) is 1.25. The number of aromatic nitrogens is 3. The van der Waals surface area contributed by atoms with E-state index in [1.807, 2.05) is 0 Å². The zero-order chi connectivity index (χ0) is 10.1. The fourth-order valence-electron chi connectivity index (χ4n) is 1.14. The third-order valence-corrected chi connectivity index (χ3v) is 1.80. The summed E-state index contributed by atoms with van der Waals surface area (Å²) >= 11 is 0. The summed E-state index contributed by atoms with van der Waals surface area (Å²) in [6, 6.07) is 1.17. The summed E-state index contributed by atoms with van der Waals surface area (Å²) in [4.78, 5) is 29.0. The average molecular weight is 193 g/mol. The molecule has 2 heterocycles. The van der Waals surface area contributed by atoms with E-state index >= 15 is 0 Å². The van der Waals surface area contributed by atoms with Gasteiger partial charge in [-0.2, -0.15) is 0 Å². The molecule has 0 aliphatic rings. The molecule has 0 spiro atoms. The molecule has 1 N–H and O–H groups in total. The first-order valence-corrected chi connectivity index (χ1v) is 3.87. The van der Waals surface area contributed by atoms with Crippen LogP contribution >= 0.6 is 0 Å². The smallest absolute Gasteiger partial charge is 0.354 e. The molecule has 2 aromatic rings. The second kappa shape index (κ2) is 2.99. The number of carbonyl (C=O) groups excluding carboxylic acids is 1. The first kappa shape index (κ1) is 8.49. The Morgan fingerprint density at radius 3 is 3.14 bits per heavy atom. The molecule has 0 radical (unpaired) electrons. The fourth-order valence-corrected chi connectivity index (χ4v) is 1.14. The minimum Gasteiger partial charge on any atom is -0.464 e. The summed E-state index contributed by atoms with van der Waals surface area (Å²) in [5.41, 5.74) is -0.229. The van der Waals surface area contributed by atoms with Crippen molar-refractivity contribution in [3.8, 4) is 0 Å². The number of hydrogen-bond donors (Lipinski definition) is 1. The molecule has 0 saturated heterocycles. The van der Waals surface area contributed by atoms with E-state index in [4.69, 9.17) is 0 Å². The van der Waals surface area contributed by atoms with Crippen LogP contribution in [0.1, 0.15) is 10.5 Å². The average Bonchev–Trinajstić information content (AvgIpc) is 2.64. The molecule has 0 unspecified atom stereocenters. The molecule has 0 aliphatic carbocycles. The van der Waals surface area contributed by atoms with Crippen LogP contribution in [0, 0.1) is 0 Å². The molecule has 0 aliphatic heterocycles. The Hall–Kier alpha value is -2.11. The highest BCUT2D eigenvalue weighted by molar-refractivity contribution is 5.87. The number of ether oxygens (including phenoxy) is 1. The van der Waals surface area contributed by atoms with Crippen molar-refractivity contribution >= 4 is 11.7 Å². The lowest BCUT2D eigenvalue weighted by Crippen LogP contribution is -2.17. The lowest BCUT2D eigenvalue weighted by molar-refractivity contribution is 0.0594. The van der Waals surface area contributed by atoms with Crippen molar-refractivity contribution in [2.24, 2.45) is 0 Å². The van der Waals surface area contributed by atoms with Crippen molar-refractivity contribution < 1.29 is 9.53 Å². The van der Waals surface area contributed by atoms with Crippen molar-refractivity contribution in [2.45, 2.75) is 0 Å². The van der Waals surface area contributed by atoms with Crippen molar-refractivity contribution in [2.75, 3.05) is 7.11 Å². The van der Waals surface area contributed by atoms with Crippen LogP contribution < -0.4 is 5.56 Å². The number of esters is 1. The van der Waals surface area contributed by atoms with Gasteiger partial charge < -0.3 is 9.72 Å². The third kappa shape index (κ3) is 1.17. The number of hydrogen-bond acceptors (Lipinski definition) is 4. The van der Waals surface area contributed by atoms with Gasteiger partial charge >= 0.3 is 5.97 Å². The number of methoxy groups -OCH3 is 1. The number of H-pyrrole nitrogens is 1. The lowest BCUT2D eigenvalue weighted by atomic mass is 10.4. The quantitative estimate of drug-likeness (QED) is 0.637. The van der Waals surface area contributed by atoms with E-state index in [-0.39, 0.29) is 11.3 Å². The molecule has 0 aromatic carbocycles. The molecule has 2 rings (SSSR count). The number of imidazole rings is 1. The maximum absolute atomic E-state index is 11.4. The minimum atomic E-state index is -0.590. The second-order valence-corrected chi connectivity index (χ2v) is 2.63. The monoisotopic (exact) mass is 193 g/mol. The number of fused-ring (bicyclic) bond motifs is 1. The predicted molar refractivity (Wildman–Crippen MR) is 47.2 cm³/mol. The Bertz CT molecular complexity index is 540. The van der Waals surface area contributed by atoms with Crippen LogP contribution in [0.15, 0.2) is 23.3 Å². The SMILES string of the molecule is COC(=O)c1cc(=O)n2ccnc2[nH]1. The molecular formula is C8H7N3O3. The zero-order valence-electron chi connectivity index (χ0n) is 7.35. The van der Waals surface area contributed by atoms with E-state index in [2.05, 4.69) is 14.7 Å². The summed E-state index contributed by atoms with van der Waals surface area (Å²) in [6.45, 7) is 0. The van der Waals surface area contributed by atoms with Crippen LogP contribution in [0.25, 0.3) is 5.78 Å². The Kier molecular flexibility index (Phi) is 1.81. The largest absolute Gasteiger partial charge is 0.464 e. The number of aromatic amines is 1. The Morgan fingerprint density at radius 1 is 1.64 bits per heavy atom. The standard InChI is InChI=1S/C8H7N3O3/c1-14-7(13)5-4-6(12)11-3-2-9-8(11)10-5/h2-4H,1H3,(H,9,10). The van der Waals surface area contributed by atoms with Crippen LogP contribution in [0.5, 0.6) is 0 Å². The van der Waals surface area contributed by atoms with Crippen molar-refractivity contribution in [1.82, 2.24) is 14.4 Å². The van der Waals surface area contributed by atoms with Gasteiger partial charge in [0.15, 0.2) is 0 Å². The summed E-state index contributed by atoms with van der Waals surface area (Å²) < 4.78 is 5.77. The van der Waals surface area contributed by atoms with Crippen molar-refractivity contribution in [3.05, 3.63) is 34.5 Å². The number of nitrogens with zero attached hydrogens (tertiary/aromatic N) is 2. The topological polar surface area (TPSA) is 76.5 Å². The van der Waals surface area contributed by atoms with Gasteiger partial charge in [0.1, 0.15) is 5.69 Å². The van der Waals surface area contributed by atoms with E-state index in [0.717, 1.165) is 0 Å². The summed E-state index contributed by atoms with van der Waals surface area (Å²) in [5, 5.41) is 0. The minimum absolute atomic E-state index is 0.0937. The fraction of sp³-hybridized carbons (Fsp3) is 0.125. The summed E-state index contributed by atoms with van der Waals surface area (Å²) in [6.07, 6.45) is 2.98. The zero-order valence-corrected chi connectivity index (χ0v) is 7.35. The van der Waals surface area contributed by atoms with Gasteiger partial charge in [0, 0.05) is 18.5 Å². The van der Waals surface area contributed by atoms with Crippen molar-refractivity contribution in [1.29, 1.82) is 0 Å². The van der Waals surface area contributed by atoms with E-state index in [9.17, 15) is 9.59 Å². The number of carbonyl (C=O) groups is 1. The van der Waals surface area contributed by atoms with E-state index < -0.39 is 5.97 Å². The molecule has 0 fully saturated rings. The van der Waals surface area contributed by atoms with Crippen LogP contribution in [0.3, 0.4) is 0 Å². The van der Waals surface area contributed by atoms with Crippen LogP contribution in [0.2, 0.25) is 0 Å². The summed E-state index contributed by atoms with van der Waals surface area (Å²) in [5.74, 6) is -0.273. The van der Waals surface area contributed by atoms with E-state index in [1.54, 1.807) is 0 Å². The van der Waals surface area contributed by atoms with Gasteiger partial charge in [-0.25, -0.2) is 9.78 Å². The van der Waals surface area contributed by atoms with Crippen molar-refractivity contribution in [3.63, 3.8) is 0 Å². The van der Waals surface area contributed by atoms with E-state index in [0.29, 0.717) is 5.78 Å². The molecule has 6 heteroatoms. The van der Waals surface area contributed by atoms with Crippen LogP contribution in [-0.4, -0.2) is 27.4 Å². The third-order valence-electron chi connectivity index (χ3n) is 1.80. The predicted octanol–water partition coefficient (Wildman–Crippen LogP) is -0.191. The van der Waals surface area contributed by atoms with Crippen LogP contribution in [0.4, 0.5) is 0 Å². The Labute approximate surface area is 78.2 Å². The highest BCUT2D eigenvalue weighted by Gasteiger charge is 2.09. The van der Waals surface area contributed by atoms with Gasteiger partial charge in [-0.15, -0.1) is 0 Å². The number of nitrogens with one attached hydrogen (secondary N) is 1. The maximum atomic E-state index is 11.4. The second-order valence-electron chi connectivity index (χ2n) is 2.63. The molecular weight excluding hydrogens is 186 g/mol.